The van der Waals surface area contributed by atoms with Crippen molar-refractivity contribution in [3.8, 4) is 5.75 Å². The maximum atomic E-state index is 12.3. The Morgan fingerprint density at radius 1 is 1.45 bits per heavy atom. The van der Waals surface area contributed by atoms with Crippen LogP contribution in [0.1, 0.15) is 37.6 Å². The fourth-order valence-electron chi connectivity index (χ4n) is 2.01. The van der Waals surface area contributed by atoms with Gasteiger partial charge >= 0.3 is 0 Å². The number of rotatable bonds is 5. The molecule has 1 aromatic rings. The van der Waals surface area contributed by atoms with Gasteiger partial charge in [0.15, 0.2) is 0 Å². The van der Waals surface area contributed by atoms with Crippen LogP contribution in [0.15, 0.2) is 18.2 Å². The molecule has 0 aliphatic rings. The summed E-state index contributed by atoms with van der Waals surface area (Å²) in [7, 11) is 1.51. The van der Waals surface area contributed by atoms with E-state index >= 15 is 0 Å². The van der Waals surface area contributed by atoms with Gasteiger partial charge in [0.05, 0.1) is 18.4 Å². The van der Waals surface area contributed by atoms with Crippen LogP contribution in [-0.2, 0) is 0 Å². The SMILES string of the molecule is COc1cccc(C(=O)NC(CCO)C(C)(C)C)c1N. The summed E-state index contributed by atoms with van der Waals surface area (Å²) in [5.74, 6) is 0.224. The van der Waals surface area contributed by atoms with Crippen molar-refractivity contribution in [1.29, 1.82) is 0 Å². The molecule has 0 bridgehead atoms. The highest BCUT2D eigenvalue weighted by atomic mass is 16.5. The number of aliphatic hydroxyl groups excluding tert-OH is 1. The highest BCUT2D eigenvalue weighted by Gasteiger charge is 2.26. The molecule has 5 heteroatoms. The number of para-hydroxylation sites is 1. The van der Waals surface area contributed by atoms with Crippen LogP contribution in [0.5, 0.6) is 5.75 Å². The molecule has 0 saturated heterocycles. The van der Waals surface area contributed by atoms with E-state index in [1.807, 2.05) is 20.8 Å². The van der Waals surface area contributed by atoms with Crippen molar-refractivity contribution in [2.45, 2.75) is 33.2 Å². The molecule has 0 aromatic heterocycles. The first-order valence-corrected chi connectivity index (χ1v) is 6.65. The first-order chi connectivity index (χ1) is 9.31. The van der Waals surface area contributed by atoms with Gasteiger partial charge in [0.2, 0.25) is 0 Å². The topological polar surface area (TPSA) is 84.6 Å². The summed E-state index contributed by atoms with van der Waals surface area (Å²) in [5, 5.41) is 12.1. The van der Waals surface area contributed by atoms with Gasteiger partial charge in [0.1, 0.15) is 5.75 Å². The molecule has 1 unspecified atom stereocenters. The van der Waals surface area contributed by atoms with Gasteiger partial charge in [-0.1, -0.05) is 26.8 Å². The number of nitrogen functional groups attached to an aromatic ring is 1. The molecule has 112 valence electrons. The number of hydrogen-bond donors (Lipinski definition) is 3. The van der Waals surface area contributed by atoms with Crippen LogP contribution in [0.4, 0.5) is 5.69 Å². The van der Waals surface area contributed by atoms with Crippen LogP contribution in [0, 0.1) is 5.41 Å². The van der Waals surface area contributed by atoms with Crippen LogP contribution < -0.4 is 15.8 Å². The normalized spacial score (nSPS) is 12.8. The number of benzene rings is 1. The number of carbonyl (C=O) groups excluding carboxylic acids is 1. The quantitative estimate of drug-likeness (QED) is 0.718. The molecule has 1 rings (SSSR count). The number of anilines is 1. The van der Waals surface area contributed by atoms with Gasteiger partial charge in [-0.3, -0.25) is 4.79 Å². The van der Waals surface area contributed by atoms with Crippen molar-refractivity contribution >= 4 is 11.6 Å². The highest BCUT2D eigenvalue weighted by molar-refractivity contribution is 6.00. The fourth-order valence-corrected chi connectivity index (χ4v) is 2.01. The Labute approximate surface area is 120 Å². The maximum Gasteiger partial charge on any atom is 0.253 e. The second-order valence-corrected chi connectivity index (χ2v) is 5.83. The molecule has 0 saturated carbocycles. The van der Waals surface area contributed by atoms with E-state index in [9.17, 15) is 4.79 Å². The molecule has 0 fully saturated rings. The zero-order valence-corrected chi connectivity index (χ0v) is 12.6. The summed E-state index contributed by atoms with van der Waals surface area (Å²) in [6.45, 7) is 6.07. The number of ether oxygens (including phenoxy) is 1. The molecule has 0 aliphatic carbocycles. The van der Waals surface area contributed by atoms with E-state index in [1.54, 1.807) is 18.2 Å². The van der Waals surface area contributed by atoms with E-state index in [1.165, 1.54) is 7.11 Å². The smallest absolute Gasteiger partial charge is 0.253 e. The van der Waals surface area contributed by atoms with E-state index in [0.717, 1.165) is 0 Å². The molecular formula is C15H24N2O3. The van der Waals surface area contributed by atoms with E-state index in [2.05, 4.69) is 5.32 Å². The molecule has 0 aliphatic heterocycles. The van der Waals surface area contributed by atoms with Crippen LogP contribution in [-0.4, -0.2) is 30.8 Å². The summed E-state index contributed by atoms with van der Waals surface area (Å²) in [6, 6.07) is 4.96. The van der Waals surface area contributed by atoms with Gasteiger partial charge in [-0.25, -0.2) is 0 Å². The number of nitrogens with two attached hydrogens (primary N) is 1. The van der Waals surface area contributed by atoms with Gasteiger partial charge in [0, 0.05) is 12.6 Å². The van der Waals surface area contributed by atoms with Gasteiger partial charge in [0.25, 0.3) is 5.91 Å². The molecule has 5 nitrogen and oxygen atoms in total. The molecule has 1 aromatic carbocycles. The first-order valence-electron chi connectivity index (χ1n) is 6.65. The lowest BCUT2D eigenvalue weighted by atomic mass is 9.84. The summed E-state index contributed by atoms with van der Waals surface area (Å²) < 4.78 is 5.11. The van der Waals surface area contributed by atoms with Crippen molar-refractivity contribution in [1.82, 2.24) is 5.32 Å². The minimum atomic E-state index is -0.255. The van der Waals surface area contributed by atoms with E-state index in [0.29, 0.717) is 23.4 Å². The highest BCUT2D eigenvalue weighted by Crippen LogP contribution is 2.26. The van der Waals surface area contributed by atoms with E-state index < -0.39 is 0 Å². The molecular weight excluding hydrogens is 256 g/mol. The Balaban J connectivity index is 2.95. The van der Waals surface area contributed by atoms with Gasteiger partial charge in [-0.05, 0) is 24.0 Å². The van der Waals surface area contributed by atoms with Crippen LogP contribution in [0.3, 0.4) is 0 Å². The zero-order valence-electron chi connectivity index (χ0n) is 12.6. The molecule has 0 spiro atoms. The number of methoxy groups -OCH3 is 1. The van der Waals surface area contributed by atoms with Crippen molar-refractivity contribution in [2.24, 2.45) is 5.41 Å². The number of nitrogens with one attached hydrogen (secondary N) is 1. The summed E-state index contributed by atoms with van der Waals surface area (Å²) in [6.07, 6.45) is 0.499. The first kappa shape index (κ1) is 16.3. The minimum absolute atomic E-state index is 0.0236. The van der Waals surface area contributed by atoms with Crippen molar-refractivity contribution in [2.75, 3.05) is 19.5 Å². The Morgan fingerprint density at radius 3 is 2.60 bits per heavy atom. The summed E-state index contributed by atoms with van der Waals surface area (Å²) >= 11 is 0. The molecule has 0 radical (unpaired) electrons. The molecule has 20 heavy (non-hydrogen) atoms. The number of aliphatic hydroxyl groups is 1. The van der Waals surface area contributed by atoms with Crippen LogP contribution in [0.25, 0.3) is 0 Å². The number of amides is 1. The Hall–Kier alpha value is -1.75. The van der Waals surface area contributed by atoms with Crippen LogP contribution >= 0.6 is 0 Å². The predicted octanol–water partition coefficient (Wildman–Crippen LogP) is 1.80. The second kappa shape index (κ2) is 6.61. The fraction of sp³-hybridized carbons (Fsp3) is 0.533. The average molecular weight is 280 g/mol. The molecule has 1 amide bonds. The largest absolute Gasteiger partial charge is 0.495 e. The lowest BCUT2D eigenvalue weighted by Crippen LogP contribution is -2.44. The van der Waals surface area contributed by atoms with Gasteiger partial charge < -0.3 is 20.9 Å². The molecule has 4 N–H and O–H groups in total. The van der Waals surface area contributed by atoms with Gasteiger partial charge in [-0.15, -0.1) is 0 Å². The minimum Gasteiger partial charge on any atom is -0.495 e. The van der Waals surface area contributed by atoms with E-state index in [4.69, 9.17) is 15.6 Å². The lowest BCUT2D eigenvalue weighted by Gasteiger charge is -2.31. The Bertz CT molecular complexity index is 467. The standard InChI is InChI=1S/C15H24N2O3/c1-15(2,3)12(8-9-18)17-14(19)10-6-5-7-11(20-4)13(10)16/h5-7,12,18H,8-9,16H2,1-4H3,(H,17,19). The van der Waals surface area contributed by atoms with Crippen LogP contribution in [0.2, 0.25) is 0 Å². The van der Waals surface area contributed by atoms with Crippen molar-refractivity contribution in [3.05, 3.63) is 23.8 Å². The van der Waals surface area contributed by atoms with Crippen molar-refractivity contribution < 1.29 is 14.6 Å². The Morgan fingerprint density at radius 2 is 2.10 bits per heavy atom. The predicted molar refractivity (Wildman–Crippen MR) is 79.8 cm³/mol. The third kappa shape index (κ3) is 3.87. The second-order valence-electron chi connectivity index (χ2n) is 5.83. The summed E-state index contributed by atoms with van der Waals surface area (Å²) in [5.41, 5.74) is 6.48. The van der Waals surface area contributed by atoms with Gasteiger partial charge in [-0.2, -0.15) is 0 Å². The zero-order chi connectivity index (χ0) is 15.3. The van der Waals surface area contributed by atoms with E-state index in [-0.39, 0.29) is 24.0 Å². The average Bonchev–Trinajstić information content (AvgIpc) is 2.37. The third-order valence-electron chi connectivity index (χ3n) is 3.30. The monoisotopic (exact) mass is 280 g/mol. The summed E-state index contributed by atoms with van der Waals surface area (Å²) in [4.78, 5) is 12.3. The maximum absolute atomic E-state index is 12.3. The number of hydrogen-bond acceptors (Lipinski definition) is 4. The third-order valence-corrected chi connectivity index (χ3v) is 3.30. The molecule has 1 atom stereocenters. The van der Waals surface area contributed by atoms with Crippen molar-refractivity contribution in [3.63, 3.8) is 0 Å². The molecule has 0 heterocycles. The Kier molecular flexibility index (Phi) is 5.39. The number of carbonyl (C=O) groups is 1. The lowest BCUT2D eigenvalue weighted by molar-refractivity contribution is 0.0886.